The third kappa shape index (κ3) is 5.22. The third-order valence-corrected chi connectivity index (χ3v) is 7.81. The van der Waals surface area contributed by atoms with Gasteiger partial charge in [-0.2, -0.15) is 5.10 Å². The Labute approximate surface area is 211 Å². The molecule has 4 aliphatic rings. The number of hydrogen-bond acceptors (Lipinski definition) is 6. The van der Waals surface area contributed by atoms with Crippen LogP contribution in [0.15, 0.2) is 12.3 Å². The van der Waals surface area contributed by atoms with Crippen LogP contribution in [-0.2, 0) is 9.53 Å². The van der Waals surface area contributed by atoms with Crippen LogP contribution in [0, 0.1) is 29.1 Å². The maximum atomic E-state index is 13.5. The highest BCUT2D eigenvalue weighted by molar-refractivity contribution is 5.96. The fourth-order valence-electron chi connectivity index (χ4n) is 6.37. The summed E-state index contributed by atoms with van der Waals surface area (Å²) in [5.41, 5.74) is -1.01. The van der Waals surface area contributed by atoms with Gasteiger partial charge in [-0.05, 0) is 75.7 Å². The summed E-state index contributed by atoms with van der Waals surface area (Å²) in [5.74, 6) is 0.412. The number of nitrogens with one attached hydrogen (secondary N) is 2. The number of ether oxygens (including phenoxy) is 2. The monoisotopic (exact) mass is 502 g/mol. The molecule has 0 aliphatic heterocycles. The Morgan fingerprint density at radius 1 is 1.25 bits per heavy atom. The summed E-state index contributed by atoms with van der Waals surface area (Å²) in [7, 11) is 1.30. The number of nitrogens with zero attached hydrogens (tertiary/aromatic N) is 2. The first-order valence-electron chi connectivity index (χ1n) is 12.7. The molecule has 0 saturated heterocycles. The van der Waals surface area contributed by atoms with E-state index in [0.29, 0.717) is 36.8 Å². The standard InChI is InChI=1S/C26H38N4O6/c1-15(2)14-36-22-19(13-27-30(22)7-6-25(3,4)29-24(34)35-5)21(31)28-20-17-8-16-9-18(20)12-26(10-16,11-17)23(32)33/h6-7,13,15-18,20H,8-12,14H2,1-5H3,(H,28,31)(H,29,34)(H,32,33). The van der Waals surface area contributed by atoms with Gasteiger partial charge in [0.1, 0.15) is 5.56 Å². The molecule has 198 valence electrons. The van der Waals surface area contributed by atoms with Gasteiger partial charge in [-0.25, -0.2) is 9.48 Å². The lowest BCUT2D eigenvalue weighted by atomic mass is 9.48. The van der Waals surface area contributed by atoms with Gasteiger partial charge in [0, 0.05) is 12.2 Å². The smallest absolute Gasteiger partial charge is 0.407 e. The summed E-state index contributed by atoms with van der Waals surface area (Å²) in [4.78, 5) is 37.1. The van der Waals surface area contributed by atoms with Crippen molar-refractivity contribution in [1.29, 1.82) is 0 Å². The van der Waals surface area contributed by atoms with E-state index in [2.05, 4.69) is 20.5 Å². The lowest BCUT2D eigenvalue weighted by Crippen LogP contribution is -2.61. The molecule has 4 saturated carbocycles. The second kappa shape index (κ2) is 9.78. The van der Waals surface area contributed by atoms with Crippen molar-refractivity contribution in [2.24, 2.45) is 29.1 Å². The molecule has 4 aliphatic carbocycles. The van der Waals surface area contributed by atoms with Crippen LogP contribution in [0.2, 0.25) is 0 Å². The maximum absolute atomic E-state index is 13.5. The minimum atomic E-state index is -0.725. The second-order valence-corrected chi connectivity index (χ2v) is 11.7. The minimum absolute atomic E-state index is 0.0402. The maximum Gasteiger partial charge on any atom is 0.407 e. The zero-order valence-electron chi connectivity index (χ0n) is 21.7. The largest absolute Gasteiger partial charge is 0.481 e. The van der Waals surface area contributed by atoms with Crippen molar-refractivity contribution < 1.29 is 29.0 Å². The summed E-state index contributed by atoms with van der Waals surface area (Å²) in [6, 6.07) is -0.0402. The number of rotatable bonds is 9. The molecular weight excluding hydrogens is 464 g/mol. The molecule has 2 unspecified atom stereocenters. The quantitative estimate of drug-likeness (QED) is 0.471. The van der Waals surface area contributed by atoms with Gasteiger partial charge in [0.2, 0.25) is 5.88 Å². The van der Waals surface area contributed by atoms with E-state index in [9.17, 15) is 19.5 Å². The lowest BCUT2D eigenvalue weighted by molar-refractivity contribution is -0.166. The van der Waals surface area contributed by atoms with Crippen molar-refractivity contribution in [1.82, 2.24) is 20.4 Å². The fourth-order valence-corrected chi connectivity index (χ4v) is 6.37. The van der Waals surface area contributed by atoms with E-state index in [-0.39, 0.29) is 29.7 Å². The van der Waals surface area contributed by atoms with Crippen molar-refractivity contribution in [3.63, 3.8) is 0 Å². The normalized spacial score (nSPS) is 28.9. The highest BCUT2D eigenvalue weighted by Gasteiger charge is 2.59. The predicted molar refractivity (Wildman–Crippen MR) is 132 cm³/mol. The topological polar surface area (TPSA) is 132 Å². The number of hydrogen-bond donors (Lipinski definition) is 3. The van der Waals surface area contributed by atoms with Crippen molar-refractivity contribution in [3.05, 3.63) is 17.8 Å². The molecule has 10 nitrogen and oxygen atoms in total. The van der Waals surface area contributed by atoms with Crippen LogP contribution in [0.4, 0.5) is 4.79 Å². The average molecular weight is 503 g/mol. The van der Waals surface area contributed by atoms with Crippen LogP contribution in [0.25, 0.3) is 6.20 Å². The Bertz CT molecular complexity index is 1030. The first kappa shape index (κ1) is 26.0. The average Bonchev–Trinajstić information content (AvgIpc) is 3.20. The Morgan fingerprint density at radius 2 is 1.92 bits per heavy atom. The van der Waals surface area contributed by atoms with Crippen molar-refractivity contribution in [2.75, 3.05) is 13.7 Å². The highest BCUT2D eigenvalue weighted by atomic mass is 16.5. The SMILES string of the molecule is COC(=O)NC(C)(C)C=Cn1ncc(C(=O)NC2C3CC4CC2CC(C(=O)O)(C4)C3)c1OCC(C)C. The molecule has 2 amide bonds. The molecule has 4 bridgehead atoms. The zero-order valence-corrected chi connectivity index (χ0v) is 21.7. The molecule has 1 heterocycles. The van der Waals surface area contributed by atoms with Crippen LogP contribution in [-0.4, -0.2) is 58.2 Å². The van der Waals surface area contributed by atoms with Gasteiger partial charge in [0.05, 0.1) is 30.9 Å². The van der Waals surface area contributed by atoms with Gasteiger partial charge in [-0.3, -0.25) is 9.59 Å². The van der Waals surface area contributed by atoms with E-state index >= 15 is 0 Å². The number of aromatic nitrogens is 2. The molecule has 10 heteroatoms. The van der Waals surface area contributed by atoms with E-state index < -0.39 is 23.0 Å². The summed E-state index contributed by atoms with van der Waals surface area (Å²) in [6.07, 6.45) is 8.29. The molecule has 0 radical (unpaired) electrons. The first-order valence-corrected chi connectivity index (χ1v) is 12.7. The number of carbonyl (C=O) groups is 3. The summed E-state index contributed by atoms with van der Waals surface area (Å²) >= 11 is 0. The summed E-state index contributed by atoms with van der Waals surface area (Å²) in [6.45, 7) is 8.06. The predicted octanol–water partition coefficient (Wildman–Crippen LogP) is 3.53. The molecule has 36 heavy (non-hydrogen) atoms. The molecule has 4 fully saturated rings. The second-order valence-electron chi connectivity index (χ2n) is 11.7. The van der Waals surface area contributed by atoms with Gasteiger partial charge in [-0.15, -0.1) is 0 Å². The van der Waals surface area contributed by atoms with Crippen molar-refractivity contribution >= 4 is 24.2 Å². The number of aliphatic carboxylic acids is 1. The fraction of sp³-hybridized carbons (Fsp3) is 0.692. The van der Waals surface area contributed by atoms with E-state index in [0.717, 1.165) is 19.3 Å². The molecule has 5 rings (SSSR count). The molecule has 0 spiro atoms. The van der Waals surface area contributed by atoms with Crippen molar-refractivity contribution in [3.8, 4) is 5.88 Å². The van der Waals surface area contributed by atoms with Gasteiger partial charge in [0.25, 0.3) is 5.91 Å². The molecular formula is C26H38N4O6. The third-order valence-electron chi connectivity index (χ3n) is 7.81. The number of methoxy groups -OCH3 is 1. The Morgan fingerprint density at radius 3 is 2.50 bits per heavy atom. The number of amides is 2. The lowest BCUT2D eigenvalue weighted by Gasteiger charge is -2.58. The van der Waals surface area contributed by atoms with Gasteiger partial charge in [-0.1, -0.05) is 13.8 Å². The molecule has 2 atom stereocenters. The Kier molecular flexibility index (Phi) is 7.07. The highest BCUT2D eigenvalue weighted by Crippen LogP contribution is 2.60. The van der Waals surface area contributed by atoms with Crippen LogP contribution in [0.3, 0.4) is 0 Å². The van der Waals surface area contributed by atoms with Crippen LogP contribution in [0.1, 0.15) is 70.2 Å². The van der Waals surface area contributed by atoms with E-state index in [1.54, 1.807) is 12.3 Å². The van der Waals surface area contributed by atoms with Gasteiger partial charge < -0.3 is 25.2 Å². The van der Waals surface area contributed by atoms with Crippen LogP contribution < -0.4 is 15.4 Å². The van der Waals surface area contributed by atoms with Crippen LogP contribution >= 0.6 is 0 Å². The Balaban J connectivity index is 1.53. The van der Waals surface area contributed by atoms with Gasteiger partial charge >= 0.3 is 12.1 Å². The summed E-state index contributed by atoms with van der Waals surface area (Å²) in [5, 5.41) is 20.2. The molecule has 0 aromatic carbocycles. The number of carboxylic acid groups (broad SMARTS) is 1. The number of carboxylic acids is 1. The van der Waals surface area contributed by atoms with E-state index in [1.807, 2.05) is 27.7 Å². The molecule has 3 N–H and O–H groups in total. The zero-order chi connectivity index (χ0) is 26.3. The summed E-state index contributed by atoms with van der Waals surface area (Å²) < 4.78 is 12.2. The first-order chi connectivity index (χ1) is 16.9. The molecule has 1 aromatic rings. The van der Waals surface area contributed by atoms with E-state index in [1.165, 1.54) is 18.0 Å². The molecule has 1 aromatic heterocycles. The number of alkyl carbamates (subject to hydrolysis) is 1. The van der Waals surface area contributed by atoms with Gasteiger partial charge in [0.15, 0.2) is 0 Å². The Hall–Kier alpha value is -3.04. The van der Waals surface area contributed by atoms with Crippen LogP contribution in [0.5, 0.6) is 5.88 Å². The van der Waals surface area contributed by atoms with E-state index in [4.69, 9.17) is 4.74 Å². The minimum Gasteiger partial charge on any atom is -0.481 e. The number of carbonyl (C=O) groups excluding carboxylic acids is 2. The van der Waals surface area contributed by atoms with Crippen molar-refractivity contribution in [2.45, 2.75) is 71.4 Å².